The van der Waals surface area contributed by atoms with Crippen LogP contribution in [0.25, 0.3) is 0 Å². The van der Waals surface area contributed by atoms with E-state index in [4.69, 9.17) is 13.9 Å². The van der Waals surface area contributed by atoms with Crippen LogP contribution in [-0.2, 0) is 17.8 Å². The van der Waals surface area contributed by atoms with E-state index in [1.807, 2.05) is 6.92 Å². The Kier molecular flexibility index (Phi) is 7.94. The van der Waals surface area contributed by atoms with E-state index in [0.717, 1.165) is 0 Å². The van der Waals surface area contributed by atoms with Crippen LogP contribution in [0.1, 0.15) is 62.1 Å². The molecule has 0 spiro atoms. The maximum atomic E-state index is 13.5. The molecule has 0 fully saturated rings. The summed E-state index contributed by atoms with van der Waals surface area (Å²) in [5.41, 5.74) is 2.44. The molecule has 8 nitrogen and oxygen atoms in total. The lowest BCUT2D eigenvalue weighted by Gasteiger charge is -2.21. The molecule has 0 aliphatic rings. The highest BCUT2D eigenvalue weighted by Gasteiger charge is 2.29. The number of rotatable bonds is 10. The Labute approximate surface area is 199 Å². The van der Waals surface area contributed by atoms with Gasteiger partial charge in [-0.05, 0) is 69.7 Å². The van der Waals surface area contributed by atoms with E-state index in [2.05, 4.69) is 0 Å². The zero-order valence-corrected chi connectivity index (χ0v) is 20.2. The molecule has 0 atom stereocenters. The van der Waals surface area contributed by atoms with Crippen LogP contribution in [0.15, 0.2) is 47.1 Å². The highest BCUT2D eigenvalue weighted by Crippen LogP contribution is 2.25. The number of ketones is 1. The Bertz CT molecular complexity index is 1160. The molecule has 8 heteroatoms. The topological polar surface area (TPSA) is 91.0 Å². The molecule has 0 bridgehead atoms. The summed E-state index contributed by atoms with van der Waals surface area (Å²) < 4.78 is 17.6. The van der Waals surface area contributed by atoms with Crippen molar-refractivity contribution >= 4 is 17.7 Å². The average Bonchev–Trinajstić information content (AvgIpc) is 3.43. The van der Waals surface area contributed by atoms with Crippen molar-refractivity contribution in [1.29, 1.82) is 0 Å². The van der Waals surface area contributed by atoms with E-state index in [1.165, 1.54) is 11.2 Å². The van der Waals surface area contributed by atoms with E-state index in [-0.39, 0.29) is 31.4 Å². The van der Waals surface area contributed by atoms with Crippen LogP contribution >= 0.6 is 0 Å². The van der Waals surface area contributed by atoms with Crippen LogP contribution in [0.3, 0.4) is 0 Å². The Morgan fingerprint density at radius 2 is 1.76 bits per heavy atom. The zero-order valence-electron chi connectivity index (χ0n) is 20.2. The van der Waals surface area contributed by atoms with Gasteiger partial charge in [0, 0.05) is 23.4 Å². The van der Waals surface area contributed by atoms with E-state index in [1.54, 1.807) is 68.8 Å². The molecule has 2 aromatic heterocycles. The number of nitrogens with zero attached hydrogens (tertiary/aromatic N) is 2. The van der Waals surface area contributed by atoms with Crippen LogP contribution in [-0.4, -0.2) is 47.4 Å². The summed E-state index contributed by atoms with van der Waals surface area (Å²) in [5.74, 6) is 0.139. The van der Waals surface area contributed by atoms with Crippen LogP contribution in [0.4, 0.5) is 0 Å². The second-order valence-electron chi connectivity index (χ2n) is 7.79. The highest BCUT2D eigenvalue weighted by molar-refractivity contribution is 6.06. The van der Waals surface area contributed by atoms with Crippen molar-refractivity contribution < 1.29 is 28.3 Å². The maximum Gasteiger partial charge on any atom is 0.355 e. The Hall–Kier alpha value is -3.81. The minimum Gasteiger partial charge on any atom is -0.497 e. The predicted molar refractivity (Wildman–Crippen MR) is 126 cm³/mol. The molecule has 180 valence electrons. The quantitative estimate of drug-likeness (QED) is 0.324. The van der Waals surface area contributed by atoms with E-state index < -0.39 is 5.97 Å². The van der Waals surface area contributed by atoms with E-state index in [9.17, 15) is 14.4 Å². The smallest absolute Gasteiger partial charge is 0.355 e. The minimum atomic E-state index is -0.467. The molecular weight excluding hydrogens is 436 g/mol. The van der Waals surface area contributed by atoms with Gasteiger partial charge in [-0.1, -0.05) is 0 Å². The molecule has 0 radical (unpaired) electrons. The number of benzene rings is 1. The van der Waals surface area contributed by atoms with Crippen molar-refractivity contribution in [3.8, 4) is 5.75 Å². The third-order valence-corrected chi connectivity index (χ3v) is 5.72. The lowest BCUT2D eigenvalue weighted by molar-refractivity contribution is 0.0512. The number of ether oxygens (including phenoxy) is 2. The van der Waals surface area contributed by atoms with Crippen molar-refractivity contribution in [2.24, 2.45) is 0 Å². The van der Waals surface area contributed by atoms with Gasteiger partial charge in [-0.15, -0.1) is 0 Å². The molecule has 0 N–H and O–H groups in total. The first-order chi connectivity index (χ1) is 16.3. The second-order valence-corrected chi connectivity index (χ2v) is 7.79. The monoisotopic (exact) mass is 466 g/mol. The molecule has 34 heavy (non-hydrogen) atoms. The van der Waals surface area contributed by atoms with Crippen LogP contribution < -0.4 is 4.74 Å². The van der Waals surface area contributed by atoms with Crippen LogP contribution in [0, 0.1) is 13.8 Å². The minimum absolute atomic E-state index is 0.126. The lowest BCUT2D eigenvalue weighted by atomic mass is 10.0. The second kappa shape index (κ2) is 10.9. The maximum absolute atomic E-state index is 13.5. The fourth-order valence-corrected chi connectivity index (χ4v) is 4.12. The molecule has 1 amide bonds. The van der Waals surface area contributed by atoms with Gasteiger partial charge in [0.05, 0.1) is 33.1 Å². The standard InChI is InChI=1S/C26H30N2O6/c1-6-28-18(4)23(17(3)24(28)26(31)33-7-2)22(29)16-27(15-21-9-8-14-34-21)25(30)19-10-12-20(32-5)13-11-19/h8-14H,6-7,15-16H2,1-5H3. The van der Waals surface area contributed by atoms with Crippen molar-refractivity contribution in [1.82, 2.24) is 9.47 Å². The number of hydrogen-bond acceptors (Lipinski definition) is 6. The third kappa shape index (κ3) is 5.06. The molecule has 0 aliphatic carbocycles. The van der Waals surface area contributed by atoms with E-state index >= 15 is 0 Å². The summed E-state index contributed by atoms with van der Waals surface area (Å²) in [5, 5.41) is 0. The first-order valence-corrected chi connectivity index (χ1v) is 11.2. The van der Waals surface area contributed by atoms with Crippen LogP contribution in [0.2, 0.25) is 0 Å². The van der Waals surface area contributed by atoms with E-state index in [0.29, 0.717) is 46.1 Å². The van der Waals surface area contributed by atoms with Crippen molar-refractivity contribution in [3.05, 3.63) is 76.5 Å². The van der Waals surface area contributed by atoms with Crippen molar-refractivity contribution in [2.75, 3.05) is 20.3 Å². The van der Waals surface area contributed by atoms with Crippen molar-refractivity contribution in [3.63, 3.8) is 0 Å². The summed E-state index contributed by atoms with van der Waals surface area (Å²) >= 11 is 0. The summed E-state index contributed by atoms with van der Waals surface area (Å²) in [6, 6.07) is 10.2. The fraction of sp³-hybridized carbons (Fsp3) is 0.346. The normalized spacial score (nSPS) is 10.7. The molecule has 3 aromatic rings. The number of esters is 1. The Balaban J connectivity index is 1.95. The third-order valence-electron chi connectivity index (χ3n) is 5.72. The molecule has 0 saturated heterocycles. The number of carbonyl (C=O) groups is 3. The molecule has 0 aliphatic heterocycles. The average molecular weight is 467 g/mol. The van der Waals surface area contributed by atoms with Crippen LogP contribution in [0.5, 0.6) is 5.75 Å². The summed E-state index contributed by atoms with van der Waals surface area (Å²) in [4.78, 5) is 40.9. The first-order valence-electron chi connectivity index (χ1n) is 11.2. The van der Waals surface area contributed by atoms with Gasteiger partial charge in [0.1, 0.15) is 17.2 Å². The summed E-state index contributed by atoms with van der Waals surface area (Å²) in [6.07, 6.45) is 1.52. The zero-order chi connectivity index (χ0) is 24.8. The first kappa shape index (κ1) is 24.8. The van der Waals surface area contributed by atoms with Gasteiger partial charge in [0.15, 0.2) is 5.78 Å². The lowest BCUT2D eigenvalue weighted by Crippen LogP contribution is -2.35. The number of Topliss-reactive ketones (excluding diaryl/α,β-unsaturated/α-hetero) is 1. The van der Waals surface area contributed by atoms with Gasteiger partial charge in [0.2, 0.25) is 0 Å². The van der Waals surface area contributed by atoms with Crippen molar-refractivity contribution in [2.45, 2.75) is 40.8 Å². The molecule has 0 saturated carbocycles. The number of methoxy groups -OCH3 is 1. The van der Waals surface area contributed by atoms with Gasteiger partial charge in [-0.25, -0.2) is 4.79 Å². The Morgan fingerprint density at radius 3 is 2.32 bits per heavy atom. The number of furan rings is 1. The van der Waals surface area contributed by atoms with Gasteiger partial charge >= 0.3 is 5.97 Å². The largest absolute Gasteiger partial charge is 0.497 e. The van der Waals surface area contributed by atoms with Gasteiger partial charge in [-0.3, -0.25) is 9.59 Å². The summed E-state index contributed by atoms with van der Waals surface area (Å²) in [6.45, 7) is 7.87. The molecule has 3 rings (SSSR count). The molecule has 0 unspecified atom stereocenters. The molecular formula is C26H30N2O6. The summed E-state index contributed by atoms with van der Waals surface area (Å²) in [7, 11) is 1.55. The molecule has 1 aromatic carbocycles. The van der Waals surface area contributed by atoms with Gasteiger partial charge in [-0.2, -0.15) is 0 Å². The SMILES string of the molecule is CCOC(=O)c1c(C)c(C(=O)CN(Cc2ccco2)C(=O)c2ccc(OC)cc2)c(C)n1CC. The highest BCUT2D eigenvalue weighted by atomic mass is 16.5. The fourth-order valence-electron chi connectivity index (χ4n) is 4.12. The molecule has 2 heterocycles. The van der Waals surface area contributed by atoms with Gasteiger partial charge in [0.25, 0.3) is 5.91 Å². The number of amides is 1. The Morgan fingerprint density at radius 1 is 1.06 bits per heavy atom. The van der Waals surface area contributed by atoms with Gasteiger partial charge < -0.3 is 23.4 Å². The predicted octanol–water partition coefficient (Wildman–Crippen LogP) is 4.43. The number of carbonyl (C=O) groups excluding carboxylic acids is 3. The number of hydrogen-bond donors (Lipinski definition) is 0. The number of aromatic nitrogens is 1.